The minimum Gasteiger partial charge on any atom is -0.480 e. The highest BCUT2D eigenvalue weighted by molar-refractivity contribution is 5.90. The number of alkyl halides is 3. The van der Waals surface area contributed by atoms with E-state index in [2.05, 4.69) is 20.4 Å². The van der Waals surface area contributed by atoms with E-state index in [4.69, 9.17) is 15.2 Å². The molecule has 43 heavy (non-hydrogen) atoms. The fourth-order valence-electron chi connectivity index (χ4n) is 5.62. The van der Waals surface area contributed by atoms with Crippen molar-refractivity contribution in [1.29, 1.82) is 0 Å². The average molecular weight is 604 g/mol. The van der Waals surface area contributed by atoms with E-state index in [1.54, 1.807) is 19.9 Å². The Kier molecular flexibility index (Phi) is 8.18. The number of carbonyl (C=O) groups excluding carboxylic acids is 1. The van der Waals surface area contributed by atoms with Crippen molar-refractivity contribution in [3.63, 3.8) is 0 Å². The van der Waals surface area contributed by atoms with Crippen LogP contribution in [0.3, 0.4) is 0 Å². The second kappa shape index (κ2) is 11.7. The fourth-order valence-corrected chi connectivity index (χ4v) is 5.62. The van der Waals surface area contributed by atoms with Gasteiger partial charge in [0, 0.05) is 37.5 Å². The zero-order valence-electron chi connectivity index (χ0n) is 23.6. The van der Waals surface area contributed by atoms with Gasteiger partial charge in [-0.3, -0.25) is 4.79 Å². The molecule has 230 valence electrons. The number of ether oxygens (including phenoxy) is 2. The Bertz CT molecular complexity index is 1500. The lowest BCUT2D eigenvalue weighted by Gasteiger charge is -2.39. The summed E-state index contributed by atoms with van der Waals surface area (Å²) in [5, 5.41) is 16.6. The topological polar surface area (TPSA) is 158 Å². The highest BCUT2D eigenvalue weighted by Crippen LogP contribution is 2.42. The van der Waals surface area contributed by atoms with Crippen molar-refractivity contribution in [2.75, 3.05) is 36.9 Å². The molecule has 15 heteroatoms. The summed E-state index contributed by atoms with van der Waals surface area (Å²) in [6.45, 7) is 5.00. The quantitative estimate of drug-likeness (QED) is 0.324. The highest BCUT2D eigenvalue weighted by Gasteiger charge is 2.46. The summed E-state index contributed by atoms with van der Waals surface area (Å²) in [6, 6.07) is 6.01. The summed E-state index contributed by atoms with van der Waals surface area (Å²) in [7, 11) is 0. The second-order valence-electron chi connectivity index (χ2n) is 10.8. The first-order valence-electron chi connectivity index (χ1n) is 13.8. The Morgan fingerprint density at radius 1 is 1.21 bits per heavy atom. The maximum absolute atomic E-state index is 14.6. The van der Waals surface area contributed by atoms with Gasteiger partial charge in [0.1, 0.15) is 11.9 Å². The number of aliphatic carboxylic acids is 1. The van der Waals surface area contributed by atoms with E-state index in [0.29, 0.717) is 50.4 Å². The SMILES string of the molecule is CCOC(=O)c1ccc(C(Oc2cc(N3CCC4(CC3)CN[C@H](C(=O)O)C4)nc(N)n2)C(F)(F)F)c(-n2ccc(C)n2)c1. The van der Waals surface area contributed by atoms with Crippen LogP contribution in [0.2, 0.25) is 0 Å². The molecule has 2 atom stereocenters. The van der Waals surface area contributed by atoms with Crippen LogP contribution in [0.1, 0.15) is 53.9 Å². The average Bonchev–Trinajstić information content (AvgIpc) is 3.58. The van der Waals surface area contributed by atoms with E-state index in [1.807, 2.05) is 4.90 Å². The molecular formula is C28H32F3N7O5. The smallest absolute Gasteiger partial charge is 0.429 e. The molecule has 0 saturated carbocycles. The number of rotatable bonds is 8. The summed E-state index contributed by atoms with van der Waals surface area (Å²) in [6.07, 6.45) is -4.04. The molecule has 4 N–H and O–H groups in total. The van der Waals surface area contributed by atoms with Gasteiger partial charge < -0.3 is 30.5 Å². The minimum atomic E-state index is -4.89. The van der Waals surface area contributed by atoms with Gasteiger partial charge in [-0.15, -0.1) is 0 Å². The molecule has 0 aliphatic carbocycles. The molecule has 12 nitrogen and oxygen atoms in total. The van der Waals surface area contributed by atoms with Crippen LogP contribution < -0.4 is 20.7 Å². The number of hydrogen-bond donors (Lipinski definition) is 3. The van der Waals surface area contributed by atoms with Crippen molar-refractivity contribution in [1.82, 2.24) is 25.1 Å². The van der Waals surface area contributed by atoms with Crippen molar-refractivity contribution >= 4 is 23.7 Å². The second-order valence-corrected chi connectivity index (χ2v) is 10.8. The van der Waals surface area contributed by atoms with Gasteiger partial charge in [0.05, 0.1) is 23.6 Å². The van der Waals surface area contributed by atoms with Gasteiger partial charge in [0.25, 0.3) is 0 Å². The molecular weight excluding hydrogens is 571 g/mol. The molecule has 1 aromatic carbocycles. The first-order valence-corrected chi connectivity index (χ1v) is 13.8. The molecule has 2 fully saturated rings. The molecule has 2 saturated heterocycles. The van der Waals surface area contributed by atoms with Crippen LogP contribution in [0.4, 0.5) is 24.9 Å². The minimum absolute atomic E-state index is 0.0191. The maximum atomic E-state index is 14.6. The Morgan fingerprint density at radius 2 is 1.95 bits per heavy atom. The Labute approximate surface area is 245 Å². The number of carbonyl (C=O) groups is 2. The largest absolute Gasteiger partial charge is 0.480 e. The van der Waals surface area contributed by atoms with Crippen molar-refractivity contribution < 1.29 is 37.3 Å². The number of benzene rings is 1. The monoisotopic (exact) mass is 603 g/mol. The summed E-state index contributed by atoms with van der Waals surface area (Å²) in [5.74, 6) is -1.91. The van der Waals surface area contributed by atoms with Crippen LogP contribution in [0.15, 0.2) is 36.5 Å². The summed E-state index contributed by atoms with van der Waals surface area (Å²) in [5.41, 5.74) is 6.03. The van der Waals surface area contributed by atoms with Gasteiger partial charge in [-0.25, -0.2) is 9.48 Å². The van der Waals surface area contributed by atoms with E-state index in [9.17, 15) is 27.9 Å². The fraction of sp³-hybridized carbons (Fsp3) is 0.464. The highest BCUT2D eigenvalue weighted by atomic mass is 19.4. The molecule has 5 rings (SSSR count). The van der Waals surface area contributed by atoms with Crippen molar-refractivity contribution in [2.45, 2.75) is 51.4 Å². The first kappa shape index (κ1) is 30.1. The van der Waals surface area contributed by atoms with Crippen LogP contribution in [0.5, 0.6) is 5.88 Å². The molecule has 2 aliphatic heterocycles. The number of esters is 1. The van der Waals surface area contributed by atoms with E-state index in [0.717, 1.165) is 6.07 Å². The summed E-state index contributed by atoms with van der Waals surface area (Å²) < 4.78 is 55.6. The number of aryl methyl sites for hydroxylation is 1. The van der Waals surface area contributed by atoms with Gasteiger partial charge >= 0.3 is 18.1 Å². The molecule has 0 radical (unpaired) electrons. The third kappa shape index (κ3) is 6.50. The van der Waals surface area contributed by atoms with Crippen LogP contribution in [0.25, 0.3) is 5.69 Å². The van der Waals surface area contributed by atoms with Gasteiger partial charge in [-0.2, -0.15) is 28.2 Å². The molecule has 1 unspecified atom stereocenters. The van der Waals surface area contributed by atoms with E-state index in [-0.39, 0.29) is 40.7 Å². The first-order chi connectivity index (χ1) is 20.4. The number of carboxylic acid groups (broad SMARTS) is 1. The predicted octanol–water partition coefficient (Wildman–Crippen LogP) is 3.45. The Morgan fingerprint density at radius 3 is 2.56 bits per heavy atom. The van der Waals surface area contributed by atoms with Gasteiger partial charge in [0.2, 0.25) is 17.9 Å². The van der Waals surface area contributed by atoms with Gasteiger partial charge in [-0.05, 0) is 56.7 Å². The number of carboxylic acids is 1. The number of hydrogen-bond acceptors (Lipinski definition) is 10. The molecule has 2 aromatic heterocycles. The lowest BCUT2D eigenvalue weighted by molar-refractivity contribution is -0.198. The number of anilines is 2. The number of nitrogens with one attached hydrogen (secondary N) is 1. The number of piperidine rings is 1. The molecule has 3 aromatic rings. The van der Waals surface area contributed by atoms with Crippen molar-refractivity contribution in [3.8, 4) is 11.6 Å². The number of halogens is 3. The van der Waals surface area contributed by atoms with Gasteiger partial charge in [0.15, 0.2) is 0 Å². The van der Waals surface area contributed by atoms with Crippen LogP contribution in [-0.4, -0.2) is 75.3 Å². The van der Waals surface area contributed by atoms with E-state index >= 15 is 0 Å². The lowest BCUT2D eigenvalue weighted by atomic mass is 9.76. The zero-order chi connectivity index (χ0) is 30.9. The molecule has 0 amide bonds. The number of nitrogen functional groups attached to an aromatic ring is 1. The number of aromatic nitrogens is 4. The predicted molar refractivity (Wildman–Crippen MR) is 148 cm³/mol. The molecule has 2 aliphatic rings. The van der Waals surface area contributed by atoms with Gasteiger partial charge in [-0.1, -0.05) is 6.07 Å². The van der Waals surface area contributed by atoms with E-state index in [1.165, 1.54) is 29.1 Å². The lowest BCUT2D eigenvalue weighted by Crippen LogP contribution is -2.41. The van der Waals surface area contributed by atoms with Crippen LogP contribution >= 0.6 is 0 Å². The number of nitrogens with two attached hydrogens (primary N) is 1. The van der Waals surface area contributed by atoms with Crippen LogP contribution in [-0.2, 0) is 9.53 Å². The Hall–Kier alpha value is -4.40. The van der Waals surface area contributed by atoms with Crippen molar-refractivity contribution in [2.24, 2.45) is 5.41 Å². The summed E-state index contributed by atoms with van der Waals surface area (Å²) in [4.78, 5) is 33.8. The standard InChI is InChI=1S/C28H32F3N7O5/c1-3-42-25(41)17-4-5-18(20(12-17)38-9-6-16(2)36-38)23(28(29,30)31)43-22-13-21(34-26(32)35-22)37-10-7-27(8-11-37)14-19(24(39)40)33-15-27/h4-6,9,12-13,19,23,33H,3,7-8,10-11,14-15H2,1-2H3,(H,39,40)(H2,32,34,35)/t19-,23?/m0/s1. The van der Waals surface area contributed by atoms with Crippen LogP contribution in [0, 0.1) is 12.3 Å². The third-order valence-corrected chi connectivity index (χ3v) is 7.84. The van der Waals surface area contributed by atoms with E-state index < -0.39 is 30.3 Å². The third-order valence-electron chi connectivity index (χ3n) is 7.84. The Balaban J connectivity index is 1.43. The molecule has 4 heterocycles. The zero-order valence-corrected chi connectivity index (χ0v) is 23.6. The number of nitrogens with zero attached hydrogens (tertiary/aromatic N) is 5. The molecule has 1 spiro atoms. The molecule has 0 bridgehead atoms. The maximum Gasteiger partial charge on any atom is 0.429 e. The summed E-state index contributed by atoms with van der Waals surface area (Å²) >= 11 is 0. The van der Waals surface area contributed by atoms with Crippen molar-refractivity contribution in [3.05, 3.63) is 53.3 Å². The normalized spacial score (nSPS) is 18.9.